The van der Waals surface area contributed by atoms with Crippen molar-refractivity contribution in [2.24, 2.45) is 9.98 Å². The number of ketones is 2. The molecule has 0 N–H and O–H groups in total. The van der Waals surface area contributed by atoms with Gasteiger partial charge in [-0.15, -0.1) is 43.1 Å². The maximum Gasteiger partial charge on any atom is 0.163 e. The van der Waals surface area contributed by atoms with Gasteiger partial charge in [-0.3, -0.25) is 28.7 Å². The zero-order chi connectivity index (χ0) is 39.4. The summed E-state index contributed by atoms with van der Waals surface area (Å²) in [6.45, 7) is 12.3. The van der Waals surface area contributed by atoms with Crippen molar-refractivity contribution in [3.63, 3.8) is 0 Å². The van der Waals surface area contributed by atoms with Gasteiger partial charge >= 0.3 is 0 Å². The number of nitrogens with zero attached hydrogens (tertiary/aromatic N) is 8. The van der Waals surface area contributed by atoms with Crippen LogP contribution in [-0.4, -0.2) is 52.5 Å². The van der Waals surface area contributed by atoms with E-state index < -0.39 is 12.1 Å². The van der Waals surface area contributed by atoms with Gasteiger partial charge < -0.3 is 0 Å². The molecule has 10 nitrogen and oxygen atoms in total. The molecule has 56 heavy (non-hydrogen) atoms. The van der Waals surface area contributed by atoms with Crippen molar-refractivity contribution >= 4 is 68.9 Å². The van der Waals surface area contributed by atoms with E-state index in [1.54, 1.807) is 22.7 Å². The number of Topliss-reactive ketones (excluding diaryl/α,β-unsaturated/α-hetero) is 2. The second kappa shape index (κ2) is 15.4. The van der Waals surface area contributed by atoms with Gasteiger partial charge in [0.15, 0.2) is 11.6 Å². The quantitative estimate of drug-likeness (QED) is 0.120. The first-order valence-corrected chi connectivity index (χ1v) is 21.0. The van der Waals surface area contributed by atoms with Crippen molar-refractivity contribution in [2.45, 2.75) is 92.2 Å². The number of aryl methyl sites for hydroxylation is 4. The third-order valence-corrected chi connectivity index (χ3v) is 13.6. The number of hydrogen-bond donors (Lipinski definition) is 0. The number of thiophene rings is 2. The lowest BCUT2D eigenvalue weighted by Gasteiger charge is -2.13. The van der Waals surface area contributed by atoms with Gasteiger partial charge in [0.05, 0.1) is 11.4 Å². The molecule has 0 spiro atoms. The van der Waals surface area contributed by atoms with E-state index in [0.29, 0.717) is 47.4 Å². The maximum atomic E-state index is 13.7. The number of benzene rings is 2. The van der Waals surface area contributed by atoms with Crippen molar-refractivity contribution in [2.75, 3.05) is 0 Å². The number of aliphatic imine (C=N–C) groups is 2. The highest BCUT2D eigenvalue weighted by atomic mass is 35.5. The normalized spacial score (nSPS) is 15.9. The molecule has 2 aliphatic rings. The Bertz CT molecular complexity index is 2400. The van der Waals surface area contributed by atoms with E-state index in [9.17, 15) is 9.59 Å². The molecule has 14 heteroatoms. The van der Waals surface area contributed by atoms with Crippen molar-refractivity contribution in [3.05, 3.63) is 125 Å². The van der Waals surface area contributed by atoms with E-state index in [1.807, 2.05) is 62.4 Å². The number of hydrogen-bond acceptors (Lipinski definition) is 10. The minimum absolute atomic E-state index is 0.0633. The second-order valence-corrected chi connectivity index (χ2v) is 17.8. The standard InChI is InChI=1S/C42H40Cl2N8O2S2/c1-21-23(3)55-41-35(21)37(27-11-15-29(43)16-12-27)45-33(39-49-47-25(5)51(39)41)19-31(53)9-7-8-10-32(54)20-34-40-50-48-26(6)52(40)42-36(22(2)24(4)56-42)38(46-34)28-13-17-30(44)18-14-28/h11-18,33-34H,7-10,19-20H2,1-6H3/t33-,34-/m0/s1. The first-order valence-electron chi connectivity index (χ1n) is 18.7. The average molecular weight is 824 g/mol. The number of rotatable bonds is 11. The van der Waals surface area contributed by atoms with Crippen LogP contribution in [0.4, 0.5) is 0 Å². The SMILES string of the molecule is Cc1sc2c(c1C)C(c1ccc(Cl)cc1)=N[C@@H](CC(=O)CCCCC(=O)C[C@@H]1N=C(c3ccc(Cl)cc3)c3c(sc(C)c3C)-n3c(C)nnc31)c1nnc(C)n1-2. The monoisotopic (exact) mass is 822 g/mol. The zero-order valence-corrected chi connectivity index (χ0v) is 35.1. The lowest BCUT2D eigenvalue weighted by atomic mass is 9.99. The average Bonchev–Trinajstić information content (AvgIpc) is 3.86. The number of carbonyl (C=O) groups excluding carboxylic acids is 2. The molecule has 6 aromatic rings. The van der Waals surface area contributed by atoms with Crippen molar-refractivity contribution in [3.8, 4) is 10.0 Å². The Balaban J connectivity index is 0.979. The zero-order valence-electron chi connectivity index (χ0n) is 32.0. The molecule has 2 aliphatic heterocycles. The van der Waals surface area contributed by atoms with Gasteiger partial charge in [-0.2, -0.15) is 0 Å². The van der Waals surface area contributed by atoms with E-state index >= 15 is 0 Å². The molecule has 2 aromatic carbocycles. The van der Waals surface area contributed by atoms with Gasteiger partial charge in [-0.1, -0.05) is 47.5 Å². The summed E-state index contributed by atoms with van der Waals surface area (Å²) in [4.78, 5) is 40.2. The molecule has 6 heterocycles. The van der Waals surface area contributed by atoms with Gasteiger partial charge in [0.1, 0.15) is 45.3 Å². The summed E-state index contributed by atoms with van der Waals surface area (Å²) in [5, 5.41) is 21.2. The van der Waals surface area contributed by atoms with E-state index in [-0.39, 0.29) is 24.4 Å². The van der Waals surface area contributed by atoms with E-state index in [1.165, 1.54) is 9.75 Å². The maximum absolute atomic E-state index is 13.7. The molecular formula is C42H40Cl2N8O2S2. The Morgan fingerprint density at radius 3 is 1.34 bits per heavy atom. The van der Waals surface area contributed by atoms with Gasteiger partial charge in [0.25, 0.3) is 0 Å². The first-order chi connectivity index (χ1) is 26.9. The van der Waals surface area contributed by atoms with Crippen LogP contribution in [0.3, 0.4) is 0 Å². The molecule has 0 amide bonds. The third-order valence-electron chi connectivity index (χ3n) is 10.7. The lowest BCUT2D eigenvalue weighted by molar-refractivity contribution is -0.121. The van der Waals surface area contributed by atoms with Crippen LogP contribution in [-0.2, 0) is 9.59 Å². The highest BCUT2D eigenvalue weighted by Gasteiger charge is 2.34. The molecular weight excluding hydrogens is 784 g/mol. The lowest BCUT2D eigenvalue weighted by Crippen LogP contribution is -2.12. The van der Waals surface area contributed by atoms with E-state index in [4.69, 9.17) is 33.2 Å². The number of aromatic nitrogens is 6. The first kappa shape index (κ1) is 38.3. The fraction of sp³-hybridized carbons (Fsp3) is 0.333. The molecule has 286 valence electrons. The highest BCUT2D eigenvalue weighted by Crippen LogP contribution is 2.41. The smallest absolute Gasteiger partial charge is 0.163 e. The molecule has 2 atom stereocenters. The van der Waals surface area contributed by atoms with E-state index in [0.717, 1.165) is 66.5 Å². The molecule has 0 bridgehead atoms. The number of unbranched alkanes of at least 4 members (excludes halogenated alkanes) is 1. The van der Waals surface area contributed by atoms with Gasteiger partial charge in [-0.25, -0.2) is 0 Å². The second-order valence-electron chi connectivity index (χ2n) is 14.5. The highest BCUT2D eigenvalue weighted by molar-refractivity contribution is 7.15. The number of halogens is 2. The van der Waals surface area contributed by atoms with E-state index in [2.05, 4.69) is 57.2 Å². The fourth-order valence-corrected chi connectivity index (χ4v) is 10.2. The Morgan fingerprint density at radius 1 is 0.589 bits per heavy atom. The predicted molar refractivity (Wildman–Crippen MR) is 224 cm³/mol. The minimum atomic E-state index is -0.519. The third kappa shape index (κ3) is 7.01. The molecule has 0 radical (unpaired) electrons. The summed E-state index contributed by atoms with van der Waals surface area (Å²) in [6, 6.07) is 14.3. The van der Waals surface area contributed by atoms with Crippen molar-refractivity contribution < 1.29 is 9.59 Å². The Hall–Kier alpha value is -4.62. The predicted octanol–water partition coefficient (Wildman–Crippen LogP) is 10.1. The van der Waals surface area contributed by atoms with Crippen LogP contribution in [0.15, 0.2) is 58.5 Å². The molecule has 8 rings (SSSR count). The van der Waals surface area contributed by atoms with Crippen molar-refractivity contribution in [1.29, 1.82) is 0 Å². The van der Waals surface area contributed by atoms with Crippen LogP contribution in [0.5, 0.6) is 0 Å². The molecule has 0 saturated heterocycles. The molecule has 0 aliphatic carbocycles. The molecule has 0 fully saturated rings. The summed E-state index contributed by atoms with van der Waals surface area (Å²) in [5.74, 6) is 2.93. The van der Waals surface area contributed by atoms with Crippen LogP contribution >= 0.6 is 45.9 Å². The summed E-state index contributed by atoms with van der Waals surface area (Å²) in [5.41, 5.74) is 7.83. The van der Waals surface area contributed by atoms with Crippen LogP contribution < -0.4 is 0 Å². The topological polar surface area (TPSA) is 120 Å². The summed E-state index contributed by atoms with van der Waals surface area (Å²) < 4.78 is 4.11. The van der Waals surface area contributed by atoms with Gasteiger partial charge in [-0.05, 0) is 89.8 Å². The molecule has 0 saturated carbocycles. The Kier molecular flexibility index (Phi) is 10.5. The number of fused-ring (bicyclic) bond motifs is 6. The van der Waals surface area contributed by atoms with Gasteiger partial charge in [0, 0.05) is 67.7 Å². The summed E-state index contributed by atoms with van der Waals surface area (Å²) in [7, 11) is 0. The fourth-order valence-electron chi connectivity index (χ4n) is 7.54. The summed E-state index contributed by atoms with van der Waals surface area (Å²) >= 11 is 15.9. The molecule has 0 unspecified atom stereocenters. The largest absolute Gasteiger partial charge is 0.300 e. The van der Waals surface area contributed by atoms with Crippen LogP contribution in [0.2, 0.25) is 10.0 Å². The van der Waals surface area contributed by atoms with Crippen molar-refractivity contribution in [1.82, 2.24) is 29.5 Å². The molecule has 4 aromatic heterocycles. The summed E-state index contributed by atoms with van der Waals surface area (Å²) in [6.07, 6.45) is 2.18. The van der Waals surface area contributed by atoms with Crippen LogP contribution in [0.25, 0.3) is 10.0 Å². The Morgan fingerprint density at radius 2 is 0.964 bits per heavy atom. The van der Waals surface area contributed by atoms with Crippen LogP contribution in [0.1, 0.15) is 117 Å². The Labute approximate surface area is 343 Å². The van der Waals surface area contributed by atoms with Crippen LogP contribution in [0, 0.1) is 41.5 Å². The van der Waals surface area contributed by atoms with Gasteiger partial charge in [0.2, 0.25) is 0 Å². The minimum Gasteiger partial charge on any atom is -0.300 e. The number of carbonyl (C=O) groups is 2.